The van der Waals surface area contributed by atoms with E-state index in [1.54, 1.807) is 48.5 Å². The van der Waals surface area contributed by atoms with Gasteiger partial charge >= 0.3 is 0 Å². The lowest BCUT2D eigenvalue weighted by atomic mass is 9.82. The standard InChI is InChI=1S/C15H15O3Si/c16-13(14(17)19)15(18,11-7-3-1-4-8-11)12-9-5-2-6-10-12/h1-10,13-14,16-18H. The van der Waals surface area contributed by atoms with E-state index in [9.17, 15) is 15.3 Å². The minimum absolute atomic E-state index is 0.519. The van der Waals surface area contributed by atoms with Gasteiger partial charge in [0.2, 0.25) is 0 Å². The van der Waals surface area contributed by atoms with Crippen molar-refractivity contribution in [2.45, 2.75) is 17.4 Å². The number of aliphatic hydroxyl groups is 3. The molecule has 0 saturated carbocycles. The van der Waals surface area contributed by atoms with E-state index >= 15 is 0 Å². The molecule has 2 rings (SSSR count). The first kappa shape index (κ1) is 14.0. The minimum Gasteiger partial charge on any atom is -0.395 e. The molecular formula is C15H15O3Si. The first-order valence-electron chi connectivity index (χ1n) is 5.97. The maximum atomic E-state index is 11.0. The normalized spacial score (nSPS) is 14.9. The zero-order valence-corrected chi connectivity index (χ0v) is 11.3. The van der Waals surface area contributed by atoms with Crippen molar-refractivity contribution in [3.63, 3.8) is 0 Å². The summed E-state index contributed by atoms with van der Waals surface area (Å²) in [5.74, 6) is 0. The van der Waals surface area contributed by atoms with Gasteiger partial charge in [-0.25, -0.2) is 0 Å². The van der Waals surface area contributed by atoms with Gasteiger partial charge in [-0.1, -0.05) is 60.7 Å². The summed E-state index contributed by atoms with van der Waals surface area (Å²) in [6.45, 7) is 0. The second kappa shape index (κ2) is 5.67. The summed E-state index contributed by atoms with van der Waals surface area (Å²) in [6, 6.07) is 17.6. The number of hydrogen-bond acceptors (Lipinski definition) is 3. The van der Waals surface area contributed by atoms with Gasteiger partial charge in [-0.2, -0.15) is 0 Å². The fourth-order valence-corrected chi connectivity index (χ4v) is 2.36. The second-order valence-corrected chi connectivity index (χ2v) is 4.98. The first-order valence-corrected chi connectivity index (χ1v) is 6.55. The zero-order valence-electron chi connectivity index (χ0n) is 10.3. The van der Waals surface area contributed by atoms with E-state index in [2.05, 4.69) is 10.2 Å². The van der Waals surface area contributed by atoms with Crippen molar-refractivity contribution in [1.82, 2.24) is 0 Å². The van der Waals surface area contributed by atoms with Crippen molar-refractivity contribution in [2.75, 3.05) is 0 Å². The highest BCUT2D eigenvalue weighted by atomic mass is 28.1. The number of aliphatic hydroxyl groups excluding tert-OH is 2. The van der Waals surface area contributed by atoms with Crippen LogP contribution in [0.1, 0.15) is 11.1 Å². The molecule has 0 aromatic heterocycles. The van der Waals surface area contributed by atoms with Gasteiger partial charge in [0, 0.05) is 0 Å². The quantitative estimate of drug-likeness (QED) is 0.720. The van der Waals surface area contributed by atoms with Crippen LogP contribution in [0.2, 0.25) is 0 Å². The van der Waals surface area contributed by atoms with Crippen LogP contribution in [0.25, 0.3) is 0 Å². The molecule has 97 valence electrons. The molecule has 3 N–H and O–H groups in total. The molecule has 4 heteroatoms. The van der Waals surface area contributed by atoms with Crippen molar-refractivity contribution in [3.8, 4) is 0 Å². The molecular weight excluding hydrogens is 256 g/mol. The lowest BCUT2D eigenvalue weighted by molar-refractivity contribution is -0.0850. The minimum atomic E-state index is -1.68. The van der Waals surface area contributed by atoms with Crippen molar-refractivity contribution in [3.05, 3.63) is 71.8 Å². The molecule has 2 unspecified atom stereocenters. The topological polar surface area (TPSA) is 60.7 Å². The maximum Gasteiger partial charge on any atom is 0.143 e. The van der Waals surface area contributed by atoms with E-state index < -0.39 is 17.4 Å². The number of hydrogen-bond donors (Lipinski definition) is 3. The van der Waals surface area contributed by atoms with Crippen LogP contribution in [0.5, 0.6) is 0 Å². The first-order chi connectivity index (χ1) is 9.06. The average molecular weight is 271 g/mol. The molecule has 2 atom stereocenters. The predicted molar refractivity (Wildman–Crippen MR) is 73.7 cm³/mol. The van der Waals surface area contributed by atoms with Crippen LogP contribution in [-0.2, 0) is 5.60 Å². The molecule has 0 saturated heterocycles. The van der Waals surface area contributed by atoms with E-state index in [0.717, 1.165) is 0 Å². The third-order valence-corrected chi connectivity index (χ3v) is 3.47. The molecule has 0 aliphatic carbocycles. The van der Waals surface area contributed by atoms with Gasteiger partial charge in [-0.15, -0.1) is 0 Å². The SMILES string of the molecule is OC([Si])C(O)C(O)(c1ccccc1)c1ccccc1. The molecule has 3 radical (unpaired) electrons. The molecule has 0 amide bonds. The monoisotopic (exact) mass is 271 g/mol. The van der Waals surface area contributed by atoms with Gasteiger partial charge in [-0.3, -0.25) is 0 Å². The highest BCUT2D eigenvalue weighted by molar-refractivity contribution is 6.11. The summed E-state index contributed by atoms with van der Waals surface area (Å²) in [7, 11) is 2.97. The highest BCUT2D eigenvalue weighted by Gasteiger charge is 2.41. The van der Waals surface area contributed by atoms with Crippen LogP contribution >= 0.6 is 0 Å². The van der Waals surface area contributed by atoms with Crippen LogP contribution < -0.4 is 0 Å². The van der Waals surface area contributed by atoms with E-state index in [4.69, 9.17) is 0 Å². The molecule has 0 bridgehead atoms. The Morgan fingerprint density at radius 1 is 0.789 bits per heavy atom. The third kappa shape index (κ3) is 2.62. The fourth-order valence-electron chi connectivity index (χ4n) is 2.12. The van der Waals surface area contributed by atoms with Gasteiger partial charge in [0.1, 0.15) is 11.7 Å². The van der Waals surface area contributed by atoms with Gasteiger partial charge in [0.25, 0.3) is 0 Å². The van der Waals surface area contributed by atoms with Crippen molar-refractivity contribution in [2.24, 2.45) is 0 Å². The molecule has 3 nitrogen and oxygen atoms in total. The zero-order chi connectivity index (χ0) is 13.9. The van der Waals surface area contributed by atoms with Gasteiger partial charge in [-0.05, 0) is 11.1 Å². The number of rotatable bonds is 4. The summed E-state index contributed by atoms with van der Waals surface area (Å²) in [4.78, 5) is 0. The Labute approximate surface area is 115 Å². The van der Waals surface area contributed by atoms with Crippen LogP contribution in [-0.4, -0.2) is 37.4 Å². The summed E-state index contributed by atoms with van der Waals surface area (Å²) in [6.07, 6.45) is -1.39. The molecule has 0 heterocycles. The Bertz CT molecular complexity index is 474. The molecule has 0 spiro atoms. The van der Waals surface area contributed by atoms with Gasteiger partial charge < -0.3 is 15.3 Å². The van der Waals surface area contributed by atoms with Crippen molar-refractivity contribution < 1.29 is 15.3 Å². The van der Waals surface area contributed by atoms with Crippen LogP contribution in [0.4, 0.5) is 0 Å². The average Bonchev–Trinajstić information content (AvgIpc) is 2.47. The Morgan fingerprint density at radius 3 is 1.47 bits per heavy atom. The molecule has 19 heavy (non-hydrogen) atoms. The van der Waals surface area contributed by atoms with E-state index in [1.807, 2.05) is 12.1 Å². The Morgan fingerprint density at radius 2 is 1.16 bits per heavy atom. The molecule has 0 aliphatic rings. The highest BCUT2D eigenvalue weighted by Crippen LogP contribution is 2.33. The van der Waals surface area contributed by atoms with E-state index in [0.29, 0.717) is 11.1 Å². The van der Waals surface area contributed by atoms with Crippen LogP contribution in [0, 0.1) is 0 Å². The van der Waals surface area contributed by atoms with Crippen LogP contribution in [0.3, 0.4) is 0 Å². The lowest BCUT2D eigenvalue weighted by Gasteiger charge is -2.35. The lowest BCUT2D eigenvalue weighted by Crippen LogP contribution is -2.47. The van der Waals surface area contributed by atoms with Crippen molar-refractivity contribution in [1.29, 1.82) is 0 Å². The maximum absolute atomic E-state index is 11.0. The molecule has 0 aliphatic heterocycles. The Hall–Kier alpha value is -1.46. The van der Waals surface area contributed by atoms with Gasteiger partial charge in [0.15, 0.2) is 0 Å². The summed E-state index contributed by atoms with van der Waals surface area (Å²) < 4.78 is 0. The van der Waals surface area contributed by atoms with Gasteiger partial charge in [0.05, 0.1) is 16.0 Å². The second-order valence-electron chi connectivity index (χ2n) is 4.39. The largest absolute Gasteiger partial charge is 0.395 e. The van der Waals surface area contributed by atoms with Crippen LogP contribution in [0.15, 0.2) is 60.7 Å². The fraction of sp³-hybridized carbons (Fsp3) is 0.200. The summed E-state index contributed by atoms with van der Waals surface area (Å²) in [5.41, 5.74) is -1.88. The summed E-state index contributed by atoms with van der Waals surface area (Å²) >= 11 is 0. The third-order valence-electron chi connectivity index (χ3n) is 3.15. The Balaban J connectivity index is 2.57. The smallest absolute Gasteiger partial charge is 0.143 e. The Kier molecular flexibility index (Phi) is 4.16. The van der Waals surface area contributed by atoms with E-state index in [-0.39, 0.29) is 0 Å². The van der Waals surface area contributed by atoms with Crippen molar-refractivity contribution >= 4 is 10.2 Å². The summed E-state index contributed by atoms with van der Waals surface area (Å²) in [5, 5.41) is 30.7. The number of benzene rings is 2. The predicted octanol–water partition coefficient (Wildman–Crippen LogP) is 0.770. The van der Waals surface area contributed by atoms with E-state index in [1.165, 1.54) is 0 Å². The molecule has 2 aromatic rings. The molecule has 0 fully saturated rings. The molecule has 2 aromatic carbocycles.